The molecule has 1 heterocycles. The molecule has 0 spiro atoms. The van der Waals surface area contributed by atoms with Crippen molar-refractivity contribution in [2.24, 2.45) is 0 Å². The monoisotopic (exact) mass is 273 g/mol. The summed E-state index contributed by atoms with van der Waals surface area (Å²) in [5.74, 6) is 0.757. The average Bonchev–Trinajstić information content (AvgIpc) is 2.95. The van der Waals surface area contributed by atoms with Gasteiger partial charge in [0.25, 0.3) is 0 Å². The number of nitriles is 2. The number of hydrogen-bond donors (Lipinski definition) is 1. The van der Waals surface area contributed by atoms with E-state index < -0.39 is 0 Å². The zero-order valence-electron chi connectivity index (χ0n) is 11.1. The average molecular weight is 273 g/mol. The fourth-order valence-corrected chi connectivity index (χ4v) is 2.23. The van der Waals surface area contributed by atoms with Crippen molar-refractivity contribution in [3.8, 4) is 12.1 Å². The SMILES string of the molecule is N#Cc1cccc(C#N)c1NCc1cc2ccccc2o1. The van der Waals surface area contributed by atoms with Crippen LogP contribution in [0.3, 0.4) is 0 Å². The van der Waals surface area contributed by atoms with Gasteiger partial charge in [-0.2, -0.15) is 10.5 Å². The normalized spacial score (nSPS) is 10.0. The second-order valence-electron chi connectivity index (χ2n) is 4.56. The predicted molar refractivity (Wildman–Crippen MR) is 79.4 cm³/mol. The standard InChI is InChI=1S/C17H11N3O/c18-9-13-5-3-6-14(10-19)17(13)20-11-15-8-12-4-1-2-7-16(12)21-15/h1-8,20H,11H2. The first-order valence-electron chi connectivity index (χ1n) is 6.46. The maximum absolute atomic E-state index is 9.13. The van der Waals surface area contributed by atoms with Crippen LogP contribution < -0.4 is 5.32 Å². The van der Waals surface area contributed by atoms with E-state index in [1.165, 1.54) is 0 Å². The molecule has 3 aromatic rings. The lowest BCUT2D eigenvalue weighted by Crippen LogP contribution is -2.02. The Labute approximate surface area is 121 Å². The number of nitrogens with one attached hydrogen (secondary N) is 1. The highest BCUT2D eigenvalue weighted by Gasteiger charge is 2.09. The fraction of sp³-hybridized carbons (Fsp3) is 0.0588. The van der Waals surface area contributed by atoms with Crippen molar-refractivity contribution in [2.45, 2.75) is 6.54 Å². The van der Waals surface area contributed by atoms with E-state index in [9.17, 15) is 0 Å². The minimum atomic E-state index is 0.419. The second kappa shape index (κ2) is 5.40. The van der Waals surface area contributed by atoms with Gasteiger partial charge in [-0.05, 0) is 24.3 Å². The van der Waals surface area contributed by atoms with E-state index in [-0.39, 0.29) is 0 Å². The summed E-state index contributed by atoms with van der Waals surface area (Å²) in [6.07, 6.45) is 0. The van der Waals surface area contributed by atoms with Crippen molar-refractivity contribution in [2.75, 3.05) is 5.32 Å². The van der Waals surface area contributed by atoms with Gasteiger partial charge in [-0.25, -0.2) is 0 Å². The van der Waals surface area contributed by atoms with Gasteiger partial charge < -0.3 is 9.73 Å². The highest BCUT2D eigenvalue weighted by molar-refractivity contribution is 5.77. The van der Waals surface area contributed by atoms with Gasteiger partial charge in [0, 0.05) is 5.39 Å². The van der Waals surface area contributed by atoms with Crippen LogP contribution in [-0.4, -0.2) is 0 Å². The third-order valence-corrected chi connectivity index (χ3v) is 3.22. The van der Waals surface area contributed by atoms with Gasteiger partial charge in [-0.1, -0.05) is 24.3 Å². The first-order valence-corrected chi connectivity index (χ1v) is 6.46. The molecular formula is C17H11N3O. The van der Waals surface area contributed by atoms with Crippen LogP contribution in [0, 0.1) is 22.7 Å². The molecule has 1 N–H and O–H groups in total. The molecule has 0 saturated carbocycles. The number of para-hydroxylation sites is 2. The molecule has 0 aliphatic rings. The van der Waals surface area contributed by atoms with Gasteiger partial charge in [0.15, 0.2) is 0 Å². The van der Waals surface area contributed by atoms with Crippen LogP contribution in [0.25, 0.3) is 11.0 Å². The van der Waals surface area contributed by atoms with E-state index >= 15 is 0 Å². The lowest BCUT2D eigenvalue weighted by Gasteiger charge is -2.08. The summed E-state index contributed by atoms with van der Waals surface area (Å²) >= 11 is 0. The lowest BCUT2D eigenvalue weighted by molar-refractivity contribution is 0.559. The van der Waals surface area contributed by atoms with Crippen molar-refractivity contribution >= 4 is 16.7 Å². The number of rotatable bonds is 3. The van der Waals surface area contributed by atoms with Crippen molar-refractivity contribution in [3.05, 3.63) is 65.4 Å². The van der Waals surface area contributed by atoms with E-state index in [0.29, 0.717) is 23.4 Å². The van der Waals surface area contributed by atoms with E-state index in [2.05, 4.69) is 17.5 Å². The van der Waals surface area contributed by atoms with Crippen LogP contribution in [0.1, 0.15) is 16.9 Å². The predicted octanol–water partition coefficient (Wildman–Crippen LogP) is 3.79. The fourth-order valence-electron chi connectivity index (χ4n) is 2.23. The number of nitrogens with zero attached hydrogens (tertiary/aromatic N) is 2. The molecule has 0 amide bonds. The number of anilines is 1. The van der Waals surface area contributed by atoms with Crippen LogP contribution in [-0.2, 0) is 6.54 Å². The Bertz CT molecular complexity index is 816. The van der Waals surface area contributed by atoms with Crippen LogP contribution in [0.2, 0.25) is 0 Å². The van der Waals surface area contributed by atoms with E-state index in [0.717, 1.165) is 16.7 Å². The van der Waals surface area contributed by atoms with Gasteiger partial charge in [0.1, 0.15) is 23.5 Å². The van der Waals surface area contributed by atoms with Crippen molar-refractivity contribution in [1.82, 2.24) is 0 Å². The molecule has 21 heavy (non-hydrogen) atoms. The summed E-state index contributed by atoms with van der Waals surface area (Å²) in [4.78, 5) is 0. The Balaban J connectivity index is 1.88. The van der Waals surface area contributed by atoms with E-state index in [4.69, 9.17) is 14.9 Å². The summed E-state index contributed by atoms with van der Waals surface area (Å²) in [5, 5.41) is 22.4. The first kappa shape index (κ1) is 12.8. The highest BCUT2D eigenvalue weighted by Crippen LogP contribution is 2.23. The molecule has 0 atom stereocenters. The zero-order chi connectivity index (χ0) is 14.7. The third kappa shape index (κ3) is 2.43. The maximum Gasteiger partial charge on any atom is 0.134 e. The van der Waals surface area contributed by atoms with Gasteiger partial charge in [-0.15, -0.1) is 0 Å². The largest absolute Gasteiger partial charge is 0.459 e. The number of benzene rings is 2. The third-order valence-electron chi connectivity index (χ3n) is 3.22. The minimum Gasteiger partial charge on any atom is -0.459 e. The molecule has 1 aromatic heterocycles. The molecule has 0 aliphatic carbocycles. The molecule has 4 nitrogen and oxygen atoms in total. The summed E-state index contributed by atoms with van der Waals surface area (Å²) in [7, 11) is 0. The van der Waals surface area contributed by atoms with Crippen molar-refractivity contribution < 1.29 is 4.42 Å². The topological polar surface area (TPSA) is 72.8 Å². The second-order valence-corrected chi connectivity index (χ2v) is 4.56. The molecule has 0 unspecified atom stereocenters. The van der Waals surface area contributed by atoms with Crippen LogP contribution in [0.5, 0.6) is 0 Å². The number of hydrogen-bond acceptors (Lipinski definition) is 4. The summed E-state index contributed by atoms with van der Waals surface area (Å²) in [6, 6.07) is 18.9. The molecule has 0 fully saturated rings. The van der Waals surface area contributed by atoms with Gasteiger partial charge >= 0.3 is 0 Å². The van der Waals surface area contributed by atoms with E-state index in [1.54, 1.807) is 18.2 Å². The molecular weight excluding hydrogens is 262 g/mol. The van der Waals surface area contributed by atoms with Crippen molar-refractivity contribution in [3.63, 3.8) is 0 Å². The molecule has 2 aromatic carbocycles. The Morgan fingerprint density at radius 3 is 2.33 bits per heavy atom. The van der Waals surface area contributed by atoms with Gasteiger partial charge in [0.05, 0.1) is 23.4 Å². The first-order chi connectivity index (χ1) is 10.3. The highest BCUT2D eigenvalue weighted by atomic mass is 16.3. The molecule has 100 valence electrons. The van der Waals surface area contributed by atoms with Crippen LogP contribution in [0.15, 0.2) is 52.9 Å². The smallest absolute Gasteiger partial charge is 0.134 e. The molecule has 3 rings (SSSR count). The lowest BCUT2D eigenvalue weighted by atomic mass is 10.1. The Kier molecular flexibility index (Phi) is 3.29. The minimum absolute atomic E-state index is 0.419. The molecule has 0 bridgehead atoms. The van der Waals surface area contributed by atoms with Crippen LogP contribution >= 0.6 is 0 Å². The molecule has 0 aliphatic heterocycles. The van der Waals surface area contributed by atoms with Gasteiger partial charge in [-0.3, -0.25) is 0 Å². The summed E-state index contributed by atoms with van der Waals surface area (Å²) < 4.78 is 5.71. The van der Waals surface area contributed by atoms with Crippen molar-refractivity contribution in [1.29, 1.82) is 10.5 Å². The zero-order valence-corrected chi connectivity index (χ0v) is 11.1. The van der Waals surface area contributed by atoms with Gasteiger partial charge in [0.2, 0.25) is 0 Å². The molecule has 0 radical (unpaired) electrons. The maximum atomic E-state index is 9.13. The number of fused-ring (bicyclic) bond motifs is 1. The Hall–Kier alpha value is -3.24. The molecule has 0 saturated heterocycles. The Morgan fingerprint density at radius 1 is 0.952 bits per heavy atom. The summed E-state index contributed by atoms with van der Waals surface area (Å²) in [5.41, 5.74) is 2.27. The van der Waals surface area contributed by atoms with E-state index in [1.807, 2.05) is 30.3 Å². The Morgan fingerprint density at radius 2 is 1.67 bits per heavy atom. The summed E-state index contributed by atoms with van der Waals surface area (Å²) in [6.45, 7) is 0.419. The quantitative estimate of drug-likeness (QED) is 0.788. The molecule has 4 heteroatoms. The van der Waals surface area contributed by atoms with Crippen LogP contribution in [0.4, 0.5) is 5.69 Å². The number of furan rings is 1.